The number of nitrogens with zero attached hydrogens (tertiary/aromatic N) is 4. The number of carbonyl (C=O) groups excluding carboxylic acids is 1. The molecule has 2 heterocycles. The van der Waals surface area contributed by atoms with Crippen LogP contribution in [0.1, 0.15) is 52.1 Å². The van der Waals surface area contributed by atoms with E-state index < -0.39 is 4.92 Å². The first-order valence-corrected chi connectivity index (χ1v) is 11.8. The van der Waals surface area contributed by atoms with E-state index in [4.69, 9.17) is 4.74 Å². The second-order valence-electron chi connectivity index (χ2n) is 8.80. The van der Waals surface area contributed by atoms with Gasteiger partial charge in [-0.25, -0.2) is 0 Å². The number of ketones is 1. The van der Waals surface area contributed by atoms with Gasteiger partial charge in [0.2, 0.25) is 0 Å². The highest BCUT2D eigenvalue weighted by Gasteiger charge is 2.22. The van der Waals surface area contributed by atoms with E-state index in [0.717, 1.165) is 29.9 Å². The fourth-order valence-corrected chi connectivity index (χ4v) is 4.55. The van der Waals surface area contributed by atoms with E-state index >= 15 is 0 Å². The van der Waals surface area contributed by atoms with Crippen LogP contribution in [0.3, 0.4) is 0 Å². The van der Waals surface area contributed by atoms with Gasteiger partial charge in [-0.15, -0.1) is 0 Å². The zero-order chi connectivity index (χ0) is 24.9. The highest BCUT2D eigenvalue weighted by atomic mass is 16.6. The first kappa shape index (κ1) is 24.2. The van der Waals surface area contributed by atoms with Crippen LogP contribution in [0, 0.1) is 24.0 Å². The SMILES string of the molecule is COc1ccc(/C=C/C(=O)c2ccc(N3CCCCC3)cc2)cc1Cn1nc(C)c([N+](=O)[O-])c1C. The topological polar surface area (TPSA) is 90.5 Å². The summed E-state index contributed by atoms with van der Waals surface area (Å²) in [5, 5.41) is 15.7. The van der Waals surface area contributed by atoms with Gasteiger partial charge >= 0.3 is 5.69 Å². The lowest BCUT2D eigenvalue weighted by molar-refractivity contribution is -0.386. The summed E-state index contributed by atoms with van der Waals surface area (Å²) in [5.74, 6) is 0.582. The molecule has 0 bridgehead atoms. The van der Waals surface area contributed by atoms with Gasteiger partial charge in [0.05, 0.1) is 18.6 Å². The maximum absolute atomic E-state index is 12.8. The summed E-state index contributed by atoms with van der Waals surface area (Å²) >= 11 is 0. The first-order chi connectivity index (χ1) is 16.9. The van der Waals surface area contributed by atoms with E-state index in [1.165, 1.54) is 19.3 Å². The number of hydrogen-bond acceptors (Lipinski definition) is 6. The van der Waals surface area contributed by atoms with Crippen LogP contribution in [0.5, 0.6) is 5.75 Å². The van der Waals surface area contributed by atoms with Crippen molar-refractivity contribution in [2.45, 2.75) is 39.7 Å². The monoisotopic (exact) mass is 474 g/mol. The largest absolute Gasteiger partial charge is 0.496 e. The van der Waals surface area contributed by atoms with E-state index in [1.807, 2.05) is 42.5 Å². The standard InChI is InChI=1S/C27H30N4O4/c1-19-27(31(33)34)20(2)30(28-19)18-23-17-21(8-14-26(23)35-3)7-13-25(32)22-9-11-24(12-10-22)29-15-5-4-6-16-29/h7-14,17H,4-6,15-16,18H2,1-3H3/b13-7+. The molecule has 1 aliphatic heterocycles. The van der Waals surface area contributed by atoms with E-state index in [2.05, 4.69) is 10.00 Å². The van der Waals surface area contributed by atoms with Crippen molar-refractivity contribution < 1.29 is 14.5 Å². The molecule has 0 atom stereocenters. The average Bonchev–Trinajstić information content (AvgIpc) is 3.15. The van der Waals surface area contributed by atoms with Gasteiger partial charge in [-0.2, -0.15) is 5.10 Å². The Morgan fingerprint density at radius 1 is 1.11 bits per heavy atom. The second kappa shape index (κ2) is 10.5. The quantitative estimate of drug-likeness (QED) is 0.189. The maximum Gasteiger partial charge on any atom is 0.312 e. The van der Waals surface area contributed by atoms with Crippen molar-refractivity contribution in [3.8, 4) is 5.75 Å². The van der Waals surface area contributed by atoms with Gasteiger partial charge in [-0.3, -0.25) is 19.6 Å². The molecular formula is C27H30N4O4. The Balaban J connectivity index is 1.50. The summed E-state index contributed by atoms with van der Waals surface area (Å²) in [6, 6.07) is 13.4. The van der Waals surface area contributed by atoms with Crippen molar-refractivity contribution in [3.05, 3.63) is 86.7 Å². The van der Waals surface area contributed by atoms with Gasteiger partial charge in [0.1, 0.15) is 17.1 Å². The first-order valence-electron chi connectivity index (χ1n) is 11.8. The highest BCUT2D eigenvalue weighted by Crippen LogP contribution is 2.26. The zero-order valence-corrected chi connectivity index (χ0v) is 20.4. The smallest absolute Gasteiger partial charge is 0.312 e. The fraction of sp³-hybridized carbons (Fsp3) is 0.333. The zero-order valence-electron chi connectivity index (χ0n) is 20.4. The minimum absolute atomic E-state index is 0.0249. The summed E-state index contributed by atoms with van der Waals surface area (Å²) in [6.07, 6.45) is 7.04. The highest BCUT2D eigenvalue weighted by molar-refractivity contribution is 6.07. The molecule has 0 unspecified atom stereocenters. The van der Waals surface area contributed by atoms with Gasteiger partial charge in [0.25, 0.3) is 0 Å². The lowest BCUT2D eigenvalue weighted by atomic mass is 10.1. The van der Waals surface area contributed by atoms with Crippen molar-refractivity contribution >= 4 is 23.2 Å². The number of aromatic nitrogens is 2. The number of anilines is 1. The van der Waals surface area contributed by atoms with Crippen molar-refractivity contribution in [2.24, 2.45) is 0 Å². The minimum Gasteiger partial charge on any atom is -0.496 e. The summed E-state index contributed by atoms with van der Waals surface area (Å²) in [7, 11) is 1.58. The average molecular weight is 475 g/mol. The number of hydrogen-bond donors (Lipinski definition) is 0. The summed E-state index contributed by atoms with van der Waals surface area (Å²) in [6.45, 7) is 5.76. The maximum atomic E-state index is 12.8. The number of carbonyl (C=O) groups is 1. The van der Waals surface area contributed by atoms with Gasteiger partial charge in [-0.1, -0.05) is 12.1 Å². The lowest BCUT2D eigenvalue weighted by Gasteiger charge is -2.28. The van der Waals surface area contributed by atoms with Crippen LogP contribution < -0.4 is 9.64 Å². The number of rotatable bonds is 8. The summed E-state index contributed by atoms with van der Waals surface area (Å²) < 4.78 is 7.09. The Morgan fingerprint density at radius 3 is 2.46 bits per heavy atom. The molecule has 3 aromatic rings. The predicted molar refractivity (Wildman–Crippen MR) is 136 cm³/mol. The summed E-state index contributed by atoms with van der Waals surface area (Å²) in [4.78, 5) is 26.0. The third-order valence-corrected chi connectivity index (χ3v) is 6.45. The molecular weight excluding hydrogens is 444 g/mol. The number of aryl methyl sites for hydroxylation is 1. The third kappa shape index (κ3) is 5.42. The Bertz CT molecular complexity index is 1250. The van der Waals surface area contributed by atoms with Gasteiger partial charge in [-0.05, 0) is 81.1 Å². The molecule has 0 spiro atoms. The predicted octanol–water partition coefficient (Wildman–Crippen LogP) is 5.35. The van der Waals surface area contributed by atoms with Crippen LogP contribution in [-0.2, 0) is 6.54 Å². The molecule has 0 radical (unpaired) electrons. The minimum atomic E-state index is -0.407. The molecule has 0 aliphatic carbocycles. The van der Waals surface area contributed by atoms with Crippen LogP contribution in [0.4, 0.5) is 11.4 Å². The van der Waals surface area contributed by atoms with Crippen molar-refractivity contribution in [1.29, 1.82) is 0 Å². The van der Waals surface area contributed by atoms with Crippen molar-refractivity contribution in [3.63, 3.8) is 0 Å². The number of piperidine rings is 1. The number of benzene rings is 2. The molecule has 35 heavy (non-hydrogen) atoms. The molecule has 8 nitrogen and oxygen atoms in total. The number of allylic oxidation sites excluding steroid dienone is 1. The van der Waals surface area contributed by atoms with E-state index in [1.54, 1.807) is 37.8 Å². The number of nitro groups is 1. The van der Waals surface area contributed by atoms with Gasteiger partial charge < -0.3 is 9.64 Å². The molecule has 0 saturated carbocycles. The molecule has 0 amide bonds. The Morgan fingerprint density at radius 2 is 1.83 bits per heavy atom. The summed E-state index contributed by atoms with van der Waals surface area (Å²) in [5.41, 5.74) is 4.33. The molecule has 182 valence electrons. The van der Waals surface area contributed by atoms with E-state index in [9.17, 15) is 14.9 Å². The van der Waals surface area contributed by atoms with Crippen LogP contribution in [-0.4, -0.2) is 40.7 Å². The second-order valence-corrected chi connectivity index (χ2v) is 8.80. The third-order valence-electron chi connectivity index (χ3n) is 6.45. The van der Waals surface area contributed by atoms with Crippen LogP contribution >= 0.6 is 0 Å². The lowest BCUT2D eigenvalue weighted by Crippen LogP contribution is -2.29. The normalized spacial score (nSPS) is 13.9. The molecule has 0 N–H and O–H groups in total. The number of ether oxygens (including phenoxy) is 1. The fourth-order valence-electron chi connectivity index (χ4n) is 4.55. The van der Waals surface area contributed by atoms with Crippen LogP contribution in [0.2, 0.25) is 0 Å². The Labute approximate surface area is 205 Å². The van der Waals surface area contributed by atoms with Crippen molar-refractivity contribution in [1.82, 2.24) is 9.78 Å². The molecule has 1 aliphatic rings. The van der Waals surface area contributed by atoms with Crippen molar-refractivity contribution in [2.75, 3.05) is 25.1 Å². The van der Waals surface area contributed by atoms with Gasteiger partial charge in [0.15, 0.2) is 5.78 Å². The Hall–Kier alpha value is -3.94. The molecule has 1 fully saturated rings. The molecule has 1 saturated heterocycles. The van der Waals surface area contributed by atoms with Gasteiger partial charge in [0, 0.05) is 29.9 Å². The molecule has 4 rings (SSSR count). The van der Waals surface area contributed by atoms with Crippen LogP contribution in [0.25, 0.3) is 6.08 Å². The molecule has 8 heteroatoms. The molecule has 1 aromatic heterocycles. The van der Waals surface area contributed by atoms with E-state index in [-0.39, 0.29) is 11.5 Å². The van der Waals surface area contributed by atoms with Crippen LogP contribution in [0.15, 0.2) is 48.5 Å². The number of methoxy groups -OCH3 is 1. The Kier molecular flexibility index (Phi) is 7.29. The van der Waals surface area contributed by atoms with E-state index in [0.29, 0.717) is 29.2 Å². The molecule has 2 aromatic carbocycles.